The van der Waals surface area contributed by atoms with Crippen LogP contribution in [-0.4, -0.2) is 28.2 Å². The van der Waals surface area contributed by atoms with E-state index in [9.17, 15) is 9.90 Å². The smallest absolute Gasteiger partial charge is 0.306 e. The number of methoxy groups -OCH3 is 1. The molecule has 0 aliphatic carbocycles. The molecule has 2 unspecified atom stereocenters. The molecule has 6 nitrogen and oxygen atoms in total. The Morgan fingerprint density at radius 2 is 1.90 bits per heavy atom. The molecule has 0 amide bonds. The molecule has 1 aromatic carbocycles. The van der Waals surface area contributed by atoms with Crippen molar-refractivity contribution >= 4 is 11.8 Å². The van der Waals surface area contributed by atoms with E-state index < -0.39 is 11.9 Å². The van der Waals surface area contributed by atoms with E-state index in [4.69, 9.17) is 4.74 Å². The second kappa shape index (κ2) is 10.5. The molecule has 6 heteroatoms. The number of aromatic nitrogens is 2. The van der Waals surface area contributed by atoms with Crippen molar-refractivity contribution in [2.75, 3.05) is 12.4 Å². The summed E-state index contributed by atoms with van der Waals surface area (Å²) in [6.45, 7) is 2.56. The summed E-state index contributed by atoms with van der Waals surface area (Å²) >= 11 is 0. The number of hydrogen-bond acceptors (Lipinski definition) is 5. The first-order chi connectivity index (χ1) is 14.6. The quantitative estimate of drug-likeness (QED) is 0.517. The molecule has 0 saturated carbocycles. The maximum atomic E-state index is 11.3. The number of carbonyl (C=O) groups is 1. The van der Waals surface area contributed by atoms with Gasteiger partial charge in [0, 0.05) is 32.0 Å². The van der Waals surface area contributed by atoms with Crippen LogP contribution in [0, 0.1) is 5.92 Å². The first-order valence-corrected chi connectivity index (χ1v) is 10.1. The fourth-order valence-corrected chi connectivity index (χ4v) is 3.31. The summed E-state index contributed by atoms with van der Waals surface area (Å²) in [5.41, 5.74) is 3.66. The van der Waals surface area contributed by atoms with Crippen molar-refractivity contribution < 1.29 is 14.6 Å². The minimum absolute atomic E-state index is 0.312. The van der Waals surface area contributed by atoms with Crippen molar-refractivity contribution in [3.8, 4) is 0 Å². The molecule has 0 fully saturated rings. The largest absolute Gasteiger partial charge is 0.481 e. The molecule has 156 valence electrons. The number of carboxylic acid groups (broad SMARTS) is 1. The molecule has 30 heavy (non-hydrogen) atoms. The van der Waals surface area contributed by atoms with Crippen LogP contribution in [-0.2, 0) is 22.5 Å². The maximum Gasteiger partial charge on any atom is 0.306 e. The Hall–Kier alpha value is -3.25. The summed E-state index contributed by atoms with van der Waals surface area (Å²) in [6, 6.07) is 19.6. The summed E-state index contributed by atoms with van der Waals surface area (Å²) in [7, 11) is 1.65. The average Bonchev–Trinajstić information content (AvgIpc) is 2.78. The summed E-state index contributed by atoms with van der Waals surface area (Å²) in [6.07, 6.45) is 2.43. The Morgan fingerprint density at radius 1 is 1.10 bits per heavy atom. The molecule has 0 radical (unpaired) electrons. The Bertz CT molecular complexity index is 945. The molecule has 0 aliphatic rings. The summed E-state index contributed by atoms with van der Waals surface area (Å²) in [5.74, 6) is -0.383. The highest BCUT2D eigenvalue weighted by atomic mass is 16.5. The zero-order valence-corrected chi connectivity index (χ0v) is 17.3. The number of nitrogens with zero attached hydrogens (tertiary/aromatic N) is 2. The molecule has 2 aromatic heterocycles. The fraction of sp³-hybridized carbons (Fsp3) is 0.292. The van der Waals surface area contributed by atoms with E-state index in [0.717, 1.165) is 28.3 Å². The van der Waals surface area contributed by atoms with Crippen LogP contribution >= 0.6 is 0 Å². The lowest BCUT2D eigenvalue weighted by atomic mass is 9.99. The van der Waals surface area contributed by atoms with E-state index in [1.54, 1.807) is 13.3 Å². The van der Waals surface area contributed by atoms with Crippen LogP contribution in [0.2, 0.25) is 0 Å². The first-order valence-electron chi connectivity index (χ1n) is 10.1. The van der Waals surface area contributed by atoms with Gasteiger partial charge < -0.3 is 15.2 Å². The second-order valence-electron chi connectivity index (χ2n) is 7.13. The van der Waals surface area contributed by atoms with Gasteiger partial charge in [0.05, 0.1) is 11.6 Å². The van der Waals surface area contributed by atoms with Gasteiger partial charge in [-0.2, -0.15) is 0 Å². The zero-order valence-electron chi connectivity index (χ0n) is 17.3. The van der Waals surface area contributed by atoms with Crippen molar-refractivity contribution in [1.82, 2.24) is 9.97 Å². The van der Waals surface area contributed by atoms with Gasteiger partial charge in [0.25, 0.3) is 0 Å². The number of ether oxygens (including phenoxy) is 1. The maximum absolute atomic E-state index is 11.3. The first kappa shape index (κ1) is 21.5. The zero-order chi connectivity index (χ0) is 21.3. The van der Waals surface area contributed by atoms with Crippen LogP contribution in [0.1, 0.15) is 42.0 Å². The van der Waals surface area contributed by atoms with Gasteiger partial charge in [-0.25, -0.2) is 4.98 Å². The van der Waals surface area contributed by atoms with E-state index >= 15 is 0 Å². The molecule has 0 saturated heterocycles. The minimum atomic E-state index is -0.789. The highest BCUT2D eigenvalue weighted by Crippen LogP contribution is 2.25. The van der Waals surface area contributed by atoms with Gasteiger partial charge in [0.15, 0.2) is 0 Å². The highest BCUT2D eigenvalue weighted by Gasteiger charge is 2.19. The van der Waals surface area contributed by atoms with Crippen molar-refractivity contribution in [1.29, 1.82) is 0 Å². The Morgan fingerprint density at radius 3 is 2.53 bits per heavy atom. The monoisotopic (exact) mass is 405 g/mol. The van der Waals surface area contributed by atoms with Crippen molar-refractivity contribution in [3.05, 3.63) is 89.4 Å². The summed E-state index contributed by atoms with van der Waals surface area (Å²) in [5, 5.41) is 12.6. The molecule has 3 rings (SSSR count). The third-order valence-electron chi connectivity index (χ3n) is 5.05. The van der Waals surface area contributed by atoms with Gasteiger partial charge in [-0.05, 0) is 41.8 Å². The van der Waals surface area contributed by atoms with Crippen molar-refractivity contribution in [3.63, 3.8) is 0 Å². The lowest BCUT2D eigenvalue weighted by Gasteiger charge is -2.17. The number of anilines is 1. The van der Waals surface area contributed by atoms with Gasteiger partial charge in [-0.15, -0.1) is 0 Å². The summed E-state index contributed by atoms with van der Waals surface area (Å²) < 4.78 is 5.72. The molecule has 0 bridgehead atoms. The van der Waals surface area contributed by atoms with E-state index in [2.05, 4.69) is 27.4 Å². The molecular formula is C24H27N3O3. The van der Waals surface area contributed by atoms with Gasteiger partial charge in [0.2, 0.25) is 0 Å². The van der Waals surface area contributed by atoms with Gasteiger partial charge >= 0.3 is 5.97 Å². The van der Waals surface area contributed by atoms with Crippen LogP contribution in [0.25, 0.3) is 0 Å². The number of nitrogens with one attached hydrogen (secondary N) is 1. The SMILES string of the molecule is CCC(Cc1cccc(C(OC)c2ccc(CNc3ccccn3)cc2)n1)C(=O)O. The topological polar surface area (TPSA) is 84.3 Å². The number of carboxylic acids is 1. The van der Waals surface area contributed by atoms with Gasteiger partial charge in [-0.1, -0.05) is 43.3 Å². The third kappa shape index (κ3) is 5.64. The minimum Gasteiger partial charge on any atom is -0.481 e. The number of aliphatic carboxylic acids is 1. The number of hydrogen-bond donors (Lipinski definition) is 2. The molecule has 2 heterocycles. The standard InChI is InChI=1S/C24H27N3O3/c1-3-18(24(28)29)15-20-7-6-8-21(27-20)23(30-2)19-12-10-17(11-13-19)16-26-22-9-4-5-14-25-22/h4-14,18,23H,3,15-16H2,1-2H3,(H,25,26)(H,28,29). The summed E-state index contributed by atoms with van der Waals surface area (Å²) in [4.78, 5) is 20.3. The molecular weight excluding hydrogens is 378 g/mol. The predicted molar refractivity (Wildman–Crippen MR) is 116 cm³/mol. The lowest BCUT2D eigenvalue weighted by molar-refractivity contribution is -0.141. The van der Waals surface area contributed by atoms with E-state index in [1.807, 2.05) is 55.5 Å². The lowest BCUT2D eigenvalue weighted by Crippen LogP contribution is -2.17. The number of pyridine rings is 2. The van der Waals surface area contributed by atoms with Crippen molar-refractivity contribution in [2.24, 2.45) is 5.92 Å². The van der Waals surface area contributed by atoms with E-state index in [-0.39, 0.29) is 6.10 Å². The van der Waals surface area contributed by atoms with E-state index in [0.29, 0.717) is 19.4 Å². The Kier molecular flexibility index (Phi) is 7.51. The number of benzene rings is 1. The number of rotatable bonds is 10. The average molecular weight is 405 g/mol. The van der Waals surface area contributed by atoms with Crippen LogP contribution in [0.15, 0.2) is 66.9 Å². The normalized spacial score (nSPS) is 12.9. The molecule has 0 spiro atoms. The van der Waals surface area contributed by atoms with Gasteiger partial charge in [0.1, 0.15) is 11.9 Å². The molecule has 2 atom stereocenters. The van der Waals surface area contributed by atoms with Crippen LogP contribution in [0.5, 0.6) is 0 Å². The van der Waals surface area contributed by atoms with Gasteiger partial charge in [-0.3, -0.25) is 9.78 Å². The van der Waals surface area contributed by atoms with Crippen molar-refractivity contribution in [2.45, 2.75) is 32.4 Å². The molecule has 2 N–H and O–H groups in total. The third-order valence-corrected chi connectivity index (χ3v) is 5.05. The molecule has 0 aliphatic heterocycles. The fourth-order valence-electron chi connectivity index (χ4n) is 3.31. The van der Waals surface area contributed by atoms with Crippen LogP contribution in [0.4, 0.5) is 5.82 Å². The second-order valence-corrected chi connectivity index (χ2v) is 7.13. The van der Waals surface area contributed by atoms with E-state index in [1.165, 1.54) is 0 Å². The molecule has 3 aromatic rings. The Balaban J connectivity index is 1.71. The Labute approximate surface area is 177 Å². The highest BCUT2D eigenvalue weighted by molar-refractivity contribution is 5.70. The van der Waals surface area contributed by atoms with Crippen LogP contribution < -0.4 is 5.32 Å². The predicted octanol–water partition coefficient (Wildman–Crippen LogP) is 4.48. The van der Waals surface area contributed by atoms with Crippen LogP contribution in [0.3, 0.4) is 0 Å².